The molecule has 3 rings (SSSR count). The second-order valence-corrected chi connectivity index (χ2v) is 6.88. The van der Waals surface area contributed by atoms with Gasteiger partial charge in [-0.3, -0.25) is 4.79 Å². The van der Waals surface area contributed by atoms with E-state index in [-0.39, 0.29) is 11.4 Å². The molecule has 1 aliphatic heterocycles. The van der Waals surface area contributed by atoms with Crippen molar-refractivity contribution in [2.24, 2.45) is 0 Å². The van der Waals surface area contributed by atoms with E-state index < -0.39 is 0 Å². The monoisotopic (exact) mass is 329 g/mol. The minimum Gasteiger partial charge on any atom is -0.377 e. The average Bonchev–Trinajstić information content (AvgIpc) is 2.46. The van der Waals surface area contributed by atoms with Crippen LogP contribution in [0.4, 0.5) is 17.1 Å². The maximum atomic E-state index is 12.4. The molecule has 2 N–H and O–H groups in total. The first-order valence-electron chi connectivity index (χ1n) is 7.60. The summed E-state index contributed by atoms with van der Waals surface area (Å²) in [5.74, 6) is -0.0558. The number of anilines is 3. The lowest BCUT2D eigenvalue weighted by Gasteiger charge is -2.41. The zero-order chi connectivity index (χ0) is 16.4. The van der Waals surface area contributed by atoms with Gasteiger partial charge in [0.1, 0.15) is 0 Å². The van der Waals surface area contributed by atoms with Crippen molar-refractivity contribution in [3.63, 3.8) is 0 Å². The molecule has 23 heavy (non-hydrogen) atoms. The molecule has 2 aromatic carbocycles. The lowest BCUT2D eigenvalue weighted by Crippen LogP contribution is -2.50. The Bertz CT molecular complexity index is 730. The number of amides is 1. The number of para-hydroxylation sites is 2. The molecular weight excluding hydrogens is 310 g/mol. The van der Waals surface area contributed by atoms with Crippen molar-refractivity contribution in [3.8, 4) is 0 Å². The first-order valence-corrected chi connectivity index (χ1v) is 7.98. The largest absolute Gasteiger partial charge is 0.377 e. The molecule has 0 unspecified atom stereocenters. The summed E-state index contributed by atoms with van der Waals surface area (Å²) >= 11 is 5.95. The van der Waals surface area contributed by atoms with Crippen molar-refractivity contribution in [1.82, 2.24) is 0 Å². The van der Waals surface area contributed by atoms with Crippen molar-refractivity contribution >= 4 is 34.6 Å². The van der Waals surface area contributed by atoms with Gasteiger partial charge in [-0.25, -0.2) is 0 Å². The molecule has 1 heterocycles. The second-order valence-electron chi connectivity index (χ2n) is 6.44. The highest BCUT2D eigenvalue weighted by Crippen LogP contribution is 2.33. The number of fused-ring (bicyclic) bond motifs is 1. The molecule has 0 fully saturated rings. The quantitative estimate of drug-likeness (QED) is 0.895. The molecule has 1 aliphatic rings. The number of hydrogen-bond donors (Lipinski definition) is 2. The van der Waals surface area contributed by atoms with Crippen LogP contribution in [0.25, 0.3) is 0 Å². The zero-order valence-corrected chi connectivity index (χ0v) is 14.0. The molecule has 0 radical (unpaired) electrons. The molecule has 2 aromatic rings. The van der Waals surface area contributed by atoms with Gasteiger partial charge < -0.3 is 15.5 Å². The topological polar surface area (TPSA) is 44.4 Å². The number of rotatable bonds is 3. The number of carbonyl (C=O) groups is 1. The molecule has 4 nitrogen and oxygen atoms in total. The number of nitrogens with one attached hydrogen (secondary N) is 2. The highest BCUT2D eigenvalue weighted by atomic mass is 35.5. The van der Waals surface area contributed by atoms with Gasteiger partial charge in [0.25, 0.3) is 0 Å². The number of carbonyl (C=O) groups excluding carboxylic acids is 1. The summed E-state index contributed by atoms with van der Waals surface area (Å²) in [5.41, 5.74) is 2.72. The van der Waals surface area contributed by atoms with Gasteiger partial charge in [-0.05, 0) is 44.2 Å². The Morgan fingerprint density at radius 1 is 1.26 bits per heavy atom. The first kappa shape index (κ1) is 15.7. The number of hydrogen-bond acceptors (Lipinski definition) is 3. The summed E-state index contributed by atoms with van der Waals surface area (Å²) in [6.07, 6.45) is 0. The molecule has 0 bridgehead atoms. The van der Waals surface area contributed by atoms with E-state index in [9.17, 15) is 4.79 Å². The summed E-state index contributed by atoms with van der Waals surface area (Å²) < 4.78 is 0. The molecule has 0 saturated carbocycles. The fraction of sp³-hybridized carbons (Fsp3) is 0.278. The van der Waals surface area contributed by atoms with Crippen LogP contribution in [0.3, 0.4) is 0 Å². The smallest absolute Gasteiger partial charge is 0.243 e. The van der Waals surface area contributed by atoms with Gasteiger partial charge in [-0.1, -0.05) is 29.8 Å². The van der Waals surface area contributed by atoms with E-state index in [2.05, 4.69) is 29.4 Å². The van der Waals surface area contributed by atoms with E-state index in [0.717, 1.165) is 17.9 Å². The van der Waals surface area contributed by atoms with E-state index >= 15 is 0 Å². The highest BCUT2D eigenvalue weighted by Gasteiger charge is 2.30. The molecule has 5 heteroatoms. The Hall–Kier alpha value is -2.20. The molecule has 0 aliphatic carbocycles. The van der Waals surface area contributed by atoms with Crippen LogP contribution in [0, 0.1) is 0 Å². The summed E-state index contributed by atoms with van der Waals surface area (Å²) in [7, 11) is 0. The van der Waals surface area contributed by atoms with Crippen molar-refractivity contribution in [2.75, 3.05) is 28.6 Å². The molecule has 0 spiro atoms. The number of benzene rings is 2. The summed E-state index contributed by atoms with van der Waals surface area (Å²) in [6.45, 7) is 5.32. The predicted octanol–water partition coefficient (Wildman–Crippen LogP) is 3.99. The van der Waals surface area contributed by atoms with E-state index in [1.807, 2.05) is 36.4 Å². The third-order valence-corrected chi connectivity index (χ3v) is 3.98. The second kappa shape index (κ2) is 6.13. The van der Waals surface area contributed by atoms with Crippen LogP contribution in [0.2, 0.25) is 5.02 Å². The van der Waals surface area contributed by atoms with Crippen LogP contribution >= 0.6 is 11.6 Å². The molecule has 0 atom stereocenters. The van der Waals surface area contributed by atoms with Gasteiger partial charge in [-0.15, -0.1) is 0 Å². The van der Waals surface area contributed by atoms with Crippen molar-refractivity contribution in [3.05, 3.63) is 53.6 Å². The number of halogens is 1. The first-order chi connectivity index (χ1) is 10.9. The SMILES string of the molecule is CC1(C)CN(CC(=O)Nc2cccc(Cl)c2)c2ccccc2N1. The third kappa shape index (κ3) is 3.77. The Morgan fingerprint density at radius 3 is 2.83 bits per heavy atom. The Morgan fingerprint density at radius 2 is 2.04 bits per heavy atom. The summed E-state index contributed by atoms with van der Waals surface area (Å²) in [6, 6.07) is 15.2. The molecule has 0 saturated heterocycles. The molecule has 120 valence electrons. The van der Waals surface area contributed by atoms with Gasteiger partial charge in [0.05, 0.1) is 17.9 Å². The van der Waals surface area contributed by atoms with Crippen molar-refractivity contribution in [1.29, 1.82) is 0 Å². The highest BCUT2D eigenvalue weighted by molar-refractivity contribution is 6.30. The Labute approximate surface area is 141 Å². The van der Waals surface area contributed by atoms with E-state index in [1.54, 1.807) is 12.1 Å². The maximum Gasteiger partial charge on any atom is 0.243 e. The number of nitrogens with zero attached hydrogens (tertiary/aromatic N) is 1. The predicted molar refractivity (Wildman–Crippen MR) is 96.4 cm³/mol. The fourth-order valence-corrected chi connectivity index (χ4v) is 3.09. The van der Waals surface area contributed by atoms with Crippen LogP contribution in [0.1, 0.15) is 13.8 Å². The summed E-state index contributed by atoms with van der Waals surface area (Å²) in [5, 5.41) is 7.02. The fourth-order valence-electron chi connectivity index (χ4n) is 2.90. The van der Waals surface area contributed by atoms with Crippen LogP contribution in [-0.4, -0.2) is 24.5 Å². The lowest BCUT2D eigenvalue weighted by atomic mass is 9.99. The van der Waals surface area contributed by atoms with Crippen LogP contribution in [-0.2, 0) is 4.79 Å². The van der Waals surface area contributed by atoms with Crippen LogP contribution in [0.15, 0.2) is 48.5 Å². The minimum atomic E-state index is -0.0926. The van der Waals surface area contributed by atoms with Gasteiger partial charge in [0.15, 0.2) is 0 Å². The van der Waals surface area contributed by atoms with E-state index in [4.69, 9.17) is 11.6 Å². The van der Waals surface area contributed by atoms with Gasteiger partial charge >= 0.3 is 0 Å². The van der Waals surface area contributed by atoms with E-state index in [1.165, 1.54) is 0 Å². The van der Waals surface area contributed by atoms with Gasteiger partial charge in [0, 0.05) is 22.8 Å². The van der Waals surface area contributed by atoms with Crippen molar-refractivity contribution in [2.45, 2.75) is 19.4 Å². The maximum absolute atomic E-state index is 12.4. The molecule has 0 aromatic heterocycles. The van der Waals surface area contributed by atoms with Crippen molar-refractivity contribution < 1.29 is 4.79 Å². The van der Waals surface area contributed by atoms with Gasteiger partial charge in [0.2, 0.25) is 5.91 Å². The standard InChI is InChI=1S/C18H20ClN3O/c1-18(2)12-22(16-9-4-3-8-15(16)21-18)11-17(23)20-14-7-5-6-13(19)10-14/h3-10,21H,11-12H2,1-2H3,(H,20,23). The molecular formula is C18H20ClN3O. The van der Waals surface area contributed by atoms with Crippen LogP contribution in [0.5, 0.6) is 0 Å². The lowest BCUT2D eigenvalue weighted by molar-refractivity contribution is -0.115. The third-order valence-electron chi connectivity index (χ3n) is 3.75. The van der Waals surface area contributed by atoms with Crippen LogP contribution < -0.4 is 15.5 Å². The van der Waals surface area contributed by atoms with E-state index in [0.29, 0.717) is 17.3 Å². The average molecular weight is 330 g/mol. The molecule has 1 amide bonds. The summed E-state index contributed by atoms with van der Waals surface area (Å²) in [4.78, 5) is 14.5. The Balaban J connectivity index is 1.75. The normalized spacial score (nSPS) is 15.5. The minimum absolute atomic E-state index is 0.0558. The zero-order valence-electron chi connectivity index (χ0n) is 13.3. The van der Waals surface area contributed by atoms with Gasteiger partial charge in [-0.2, -0.15) is 0 Å². The Kier molecular flexibility index (Phi) is 4.18.